The zero-order valence-electron chi connectivity index (χ0n) is 9.51. The van der Waals surface area contributed by atoms with Crippen LogP contribution < -0.4 is 5.32 Å². The number of carboxylic acid groups (broad SMARTS) is 1. The van der Waals surface area contributed by atoms with Gasteiger partial charge in [0.2, 0.25) is 0 Å². The normalized spacial score (nSPS) is 27.3. The largest absolute Gasteiger partial charge is 0.480 e. The SMILES string of the molecule is CC(NC(=O)N1CCC(O)C(C)C1)C(=O)O. The zero-order valence-corrected chi connectivity index (χ0v) is 9.51. The summed E-state index contributed by atoms with van der Waals surface area (Å²) in [5.74, 6) is -1.03. The molecule has 92 valence electrons. The molecule has 1 saturated heterocycles. The third-order valence-electron chi connectivity index (χ3n) is 2.86. The van der Waals surface area contributed by atoms with E-state index in [0.29, 0.717) is 19.5 Å². The fourth-order valence-corrected chi connectivity index (χ4v) is 1.66. The molecule has 0 spiro atoms. The molecule has 6 nitrogen and oxygen atoms in total. The van der Waals surface area contributed by atoms with Gasteiger partial charge in [0, 0.05) is 13.1 Å². The van der Waals surface area contributed by atoms with Crippen LogP contribution in [0.2, 0.25) is 0 Å². The minimum Gasteiger partial charge on any atom is -0.480 e. The minimum absolute atomic E-state index is 0.0274. The van der Waals surface area contributed by atoms with Crippen molar-refractivity contribution in [2.24, 2.45) is 5.92 Å². The van der Waals surface area contributed by atoms with Crippen LogP contribution in [0, 0.1) is 5.92 Å². The number of carboxylic acids is 1. The van der Waals surface area contributed by atoms with Crippen LogP contribution in [-0.4, -0.2) is 52.3 Å². The summed E-state index contributed by atoms with van der Waals surface area (Å²) in [6, 6.07) is -1.27. The number of nitrogens with one attached hydrogen (secondary N) is 1. The number of hydrogen-bond acceptors (Lipinski definition) is 3. The van der Waals surface area contributed by atoms with Gasteiger partial charge < -0.3 is 20.4 Å². The van der Waals surface area contributed by atoms with Gasteiger partial charge in [-0.2, -0.15) is 0 Å². The number of amides is 2. The highest BCUT2D eigenvalue weighted by Gasteiger charge is 2.28. The number of carbonyl (C=O) groups excluding carboxylic acids is 1. The van der Waals surface area contributed by atoms with Crippen molar-refractivity contribution in [1.82, 2.24) is 10.2 Å². The van der Waals surface area contributed by atoms with E-state index >= 15 is 0 Å². The average Bonchev–Trinajstić information content (AvgIpc) is 2.21. The van der Waals surface area contributed by atoms with Gasteiger partial charge in [-0.1, -0.05) is 6.92 Å². The van der Waals surface area contributed by atoms with Gasteiger partial charge >= 0.3 is 12.0 Å². The zero-order chi connectivity index (χ0) is 12.3. The second-order valence-electron chi connectivity index (χ2n) is 4.29. The number of aliphatic hydroxyl groups excluding tert-OH is 1. The Morgan fingerprint density at radius 1 is 1.50 bits per heavy atom. The maximum Gasteiger partial charge on any atom is 0.325 e. The lowest BCUT2D eigenvalue weighted by Crippen LogP contribution is -2.52. The quantitative estimate of drug-likeness (QED) is 0.616. The topological polar surface area (TPSA) is 89.9 Å². The Balaban J connectivity index is 2.46. The van der Waals surface area contributed by atoms with Crippen LogP contribution in [0.3, 0.4) is 0 Å². The molecule has 3 atom stereocenters. The van der Waals surface area contributed by atoms with Gasteiger partial charge in [-0.25, -0.2) is 4.79 Å². The summed E-state index contributed by atoms with van der Waals surface area (Å²) in [5.41, 5.74) is 0. The lowest BCUT2D eigenvalue weighted by Gasteiger charge is -2.34. The van der Waals surface area contributed by atoms with Gasteiger partial charge in [-0.05, 0) is 19.3 Å². The molecular weight excluding hydrogens is 212 g/mol. The lowest BCUT2D eigenvalue weighted by atomic mass is 9.97. The van der Waals surface area contributed by atoms with Crippen LogP contribution in [0.4, 0.5) is 4.79 Å². The summed E-state index contributed by atoms with van der Waals surface area (Å²) in [5, 5.41) is 20.5. The first-order valence-electron chi connectivity index (χ1n) is 5.38. The van der Waals surface area contributed by atoms with Crippen molar-refractivity contribution in [3.05, 3.63) is 0 Å². The highest BCUT2D eigenvalue weighted by atomic mass is 16.4. The highest BCUT2D eigenvalue weighted by Crippen LogP contribution is 2.16. The number of nitrogens with zero attached hydrogens (tertiary/aromatic N) is 1. The molecule has 1 aliphatic rings. The first-order valence-corrected chi connectivity index (χ1v) is 5.38. The van der Waals surface area contributed by atoms with Gasteiger partial charge in [0.25, 0.3) is 0 Å². The Bertz CT molecular complexity index is 282. The van der Waals surface area contributed by atoms with E-state index in [1.165, 1.54) is 11.8 Å². The number of hydrogen-bond donors (Lipinski definition) is 3. The Labute approximate surface area is 94.2 Å². The van der Waals surface area contributed by atoms with Crippen LogP contribution in [0.5, 0.6) is 0 Å². The second-order valence-corrected chi connectivity index (χ2v) is 4.29. The van der Waals surface area contributed by atoms with Crippen LogP contribution >= 0.6 is 0 Å². The fraction of sp³-hybridized carbons (Fsp3) is 0.800. The molecule has 1 heterocycles. The third kappa shape index (κ3) is 3.10. The molecule has 0 aromatic rings. The Kier molecular flexibility index (Phi) is 4.12. The van der Waals surface area contributed by atoms with E-state index in [9.17, 15) is 14.7 Å². The lowest BCUT2D eigenvalue weighted by molar-refractivity contribution is -0.138. The molecular formula is C10H18N2O4. The monoisotopic (exact) mass is 230 g/mol. The molecule has 1 aliphatic heterocycles. The molecule has 3 unspecified atom stereocenters. The predicted octanol–water partition coefficient (Wildman–Crippen LogP) is -0.128. The van der Waals surface area contributed by atoms with Crippen LogP contribution in [0.1, 0.15) is 20.3 Å². The number of likely N-dealkylation sites (tertiary alicyclic amines) is 1. The van der Waals surface area contributed by atoms with E-state index in [1.54, 1.807) is 0 Å². The Morgan fingerprint density at radius 3 is 2.62 bits per heavy atom. The van der Waals surface area contributed by atoms with Crippen LogP contribution in [0.25, 0.3) is 0 Å². The molecule has 1 fully saturated rings. The number of rotatable bonds is 2. The number of urea groups is 1. The molecule has 0 aliphatic carbocycles. The highest BCUT2D eigenvalue weighted by molar-refractivity contribution is 5.82. The van der Waals surface area contributed by atoms with Crippen molar-refractivity contribution in [3.8, 4) is 0 Å². The average molecular weight is 230 g/mol. The fourth-order valence-electron chi connectivity index (χ4n) is 1.66. The van der Waals surface area contributed by atoms with Crippen LogP contribution in [0.15, 0.2) is 0 Å². The summed E-state index contributed by atoms with van der Waals surface area (Å²) in [7, 11) is 0. The number of piperidine rings is 1. The van der Waals surface area contributed by atoms with Gasteiger partial charge in [0.15, 0.2) is 0 Å². The van der Waals surface area contributed by atoms with Crippen molar-refractivity contribution < 1.29 is 19.8 Å². The minimum atomic E-state index is -1.06. The first-order chi connectivity index (χ1) is 7.41. The van der Waals surface area contributed by atoms with E-state index in [2.05, 4.69) is 5.32 Å². The first kappa shape index (κ1) is 12.8. The molecule has 3 N–H and O–H groups in total. The standard InChI is InChI=1S/C10H18N2O4/c1-6-5-12(4-3-8(6)13)10(16)11-7(2)9(14)15/h6-8,13H,3-5H2,1-2H3,(H,11,16)(H,14,15). The number of aliphatic hydroxyl groups is 1. The Morgan fingerprint density at radius 2 is 2.12 bits per heavy atom. The van der Waals surface area contributed by atoms with Crippen molar-refractivity contribution in [3.63, 3.8) is 0 Å². The summed E-state index contributed by atoms with van der Waals surface area (Å²) in [4.78, 5) is 23.7. The summed E-state index contributed by atoms with van der Waals surface area (Å²) in [6.07, 6.45) is 0.164. The van der Waals surface area contributed by atoms with E-state index in [0.717, 1.165) is 0 Å². The molecule has 0 saturated carbocycles. The maximum atomic E-state index is 11.6. The van der Waals surface area contributed by atoms with Gasteiger partial charge in [-0.15, -0.1) is 0 Å². The number of aliphatic carboxylic acids is 1. The van der Waals surface area contributed by atoms with E-state index in [1.807, 2.05) is 6.92 Å². The van der Waals surface area contributed by atoms with Crippen molar-refractivity contribution in [1.29, 1.82) is 0 Å². The van der Waals surface area contributed by atoms with Crippen molar-refractivity contribution in [2.75, 3.05) is 13.1 Å². The van der Waals surface area contributed by atoms with Gasteiger partial charge in [0.05, 0.1) is 6.10 Å². The van der Waals surface area contributed by atoms with E-state index in [4.69, 9.17) is 5.11 Å². The molecule has 0 aromatic heterocycles. The molecule has 0 aromatic carbocycles. The molecule has 1 rings (SSSR count). The third-order valence-corrected chi connectivity index (χ3v) is 2.86. The molecule has 2 amide bonds. The summed E-state index contributed by atoms with van der Waals surface area (Å²) >= 11 is 0. The molecule has 6 heteroatoms. The smallest absolute Gasteiger partial charge is 0.325 e. The summed E-state index contributed by atoms with van der Waals surface area (Å²) < 4.78 is 0. The maximum absolute atomic E-state index is 11.6. The summed E-state index contributed by atoms with van der Waals surface area (Å²) in [6.45, 7) is 4.20. The number of carbonyl (C=O) groups is 2. The molecule has 16 heavy (non-hydrogen) atoms. The van der Waals surface area contributed by atoms with Gasteiger partial charge in [0.1, 0.15) is 6.04 Å². The Hall–Kier alpha value is -1.30. The van der Waals surface area contributed by atoms with Crippen molar-refractivity contribution >= 4 is 12.0 Å². The second kappa shape index (κ2) is 5.16. The van der Waals surface area contributed by atoms with E-state index < -0.39 is 12.0 Å². The molecule has 0 bridgehead atoms. The molecule has 0 radical (unpaired) electrons. The van der Waals surface area contributed by atoms with E-state index in [-0.39, 0.29) is 18.1 Å². The van der Waals surface area contributed by atoms with Crippen LogP contribution in [-0.2, 0) is 4.79 Å². The predicted molar refractivity (Wildman–Crippen MR) is 57.0 cm³/mol. The van der Waals surface area contributed by atoms with Gasteiger partial charge in [-0.3, -0.25) is 4.79 Å². The van der Waals surface area contributed by atoms with Crippen molar-refractivity contribution in [2.45, 2.75) is 32.4 Å².